The number of aliphatic imine (C=N–C) groups is 1. The number of amidine groups is 1. The van der Waals surface area contributed by atoms with E-state index in [2.05, 4.69) is 10.3 Å². The van der Waals surface area contributed by atoms with Crippen LogP contribution in [0.5, 0.6) is 0 Å². The van der Waals surface area contributed by atoms with E-state index < -0.39 is 0 Å². The molecule has 5 heteroatoms. The lowest BCUT2D eigenvalue weighted by Crippen LogP contribution is -2.24. The predicted molar refractivity (Wildman–Crippen MR) is 69.1 cm³/mol. The van der Waals surface area contributed by atoms with Crippen LogP contribution in [-0.4, -0.2) is 34.6 Å². The maximum absolute atomic E-state index is 11.0. The second-order valence-corrected chi connectivity index (χ2v) is 4.76. The van der Waals surface area contributed by atoms with Gasteiger partial charge in [0.05, 0.1) is 18.4 Å². The normalized spacial score (nSPS) is 19.4. The monoisotopic (exact) mass is 250 g/mol. The number of benzene rings is 1. The Balaban J connectivity index is 2.00. The van der Waals surface area contributed by atoms with Gasteiger partial charge < -0.3 is 10.4 Å². The molecule has 17 heavy (non-hydrogen) atoms. The summed E-state index contributed by atoms with van der Waals surface area (Å²) in [6, 6.07) is 9.69. The first-order valence-corrected chi connectivity index (χ1v) is 6.41. The third-order valence-corrected chi connectivity index (χ3v) is 3.30. The van der Waals surface area contributed by atoms with Crippen molar-refractivity contribution in [1.29, 1.82) is 0 Å². The van der Waals surface area contributed by atoms with Gasteiger partial charge in [0.2, 0.25) is 5.91 Å². The molecule has 1 aliphatic heterocycles. The first-order chi connectivity index (χ1) is 8.28. The zero-order valence-electron chi connectivity index (χ0n) is 9.30. The molecule has 0 unspecified atom stereocenters. The summed E-state index contributed by atoms with van der Waals surface area (Å²) in [6.45, 7) is -0.0190. The highest BCUT2D eigenvalue weighted by atomic mass is 32.2. The number of thioether (sulfide) groups is 1. The number of nitrogens with one attached hydrogen (secondary N) is 1. The summed E-state index contributed by atoms with van der Waals surface area (Å²) < 4.78 is 0. The average Bonchev–Trinajstić information content (AvgIpc) is 2.75. The topological polar surface area (TPSA) is 61.7 Å². The number of hydrogen-bond donors (Lipinski definition) is 2. The van der Waals surface area contributed by atoms with Crippen LogP contribution >= 0.6 is 11.8 Å². The molecule has 1 amide bonds. The fraction of sp³-hybridized carbons (Fsp3) is 0.333. The van der Waals surface area contributed by atoms with Gasteiger partial charge in [0.25, 0.3) is 0 Å². The third-order valence-electron chi connectivity index (χ3n) is 2.41. The second-order valence-electron chi connectivity index (χ2n) is 3.80. The van der Waals surface area contributed by atoms with E-state index in [0.29, 0.717) is 17.3 Å². The molecule has 0 aromatic heterocycles. The summed E-state index contributed by atoms with van der Waals surface area (Å²) in [5, 5.41) is 12.6. The molecular weight excluding hydrogens is 236 g/mol. The van der Waals surface area contributed by atoms with Crippen LogP contribution in [-0.2, 0) is 11.2 Å². The van der Waals surface area contributed by atoms with Crippen LogP contribution in [0.15, 0.2) is 35.3 Å². The van der Waals surface area contributed by atoms with Crippen LogP contribution < -0.4 is 5.32 Å². The fourth-order valence-corrected chi connectivity index (χ4v) is 2.35. The zero-order chi connectivity index (χ0) is 12.1. The van der Waals surface area contributed by atoms with Gasteiger partial charge in [-0.1, -0.05) is 42.1 Å². The van der Waals surface area contributed by atoms with Crippen molar-refractivity contribution in [3.8, 4) is 0 Å². The van der Waals surface area contributed by atoms with Crippen molar-refractivity contribution in [2.45, 2.75) is 12.5 Å². The van der Waals surface area contributed by atoms with Crippen LogP contribution in [0.4, 0.5) is 0 Å². The van der Waals surface area contributed by atoms with Crippen LogP contribution in [0.3, 0.4) is 0 Å². The third kappa shape index (κ3) is 3.57. The quantitative estimate of drug-likeness (QED) is 0.831. The number of carbonyl (C=O) groups excluding carboxylic acids is 1. The second kappa shape index (κ2) is 5.84. The van der Waals surface area contributed by atoms with Gasteiger partial charge in [-0.3, -0.25) is 9.79 Å². The molecule has 0 bridgehead atoms. The smallest absolute Gasteiger partial charge is 0.236 e. The highest BCUT2D eigenvalue weighted by Crippen LogP contribution is 2.12. The number of carbonyl (C=O) groups is 1. The highest BCUT2D eigenvalue weighted by Gasteiger charge is 2.18. The van der Waals surface area contributed by atoms with E-state index in [9.17, 15) is 9.90 Å². The summed E-state index contributed by atoms with van der Waals surface area (Å²) in [5.74, 6) is 0.396. The number of aliphatic hydroxyl groups excluding tert-OH is 1. The Morgan fingerprint density at radius 1 is 1.41 bits per heavy atom. The molecule has 2 rings (SSSR count). The number of amides is 1. The van der Waals surface area contributed by atoms with Crippen molar-refractivity contribution < 1.29 is 9.90 Å². The first-order valence-electron chi connectivity index (χ1n) is 5.43. The Bertz CT molecular complexity index is 420. The van der Waals surface area contributed by atoms with E-state index >= 15 is 0 Å². The maximum Gasteiger partial charge on any atom is 0.236 e. The van der Waals surface area contributed by atoms with Gasteiger partial charge in [-0.2, -0.15) is 0 Å². The average molecular weight is 250 g/mol. The van der Waals surface area contributed by atoms with Crippen molar-refractivity contribution in [1.82, 2.24) is 5.32 Å². The number of rotatable bonds is 4. The van der Waals surface area contributed by atoms with E-state index in [1.807, 2.05) is 30.3 Å². The molecule has 0 spiro atoms. The van der Waals surface area contributed by atoms with Crippen molar-refractivity contribution in [3.05, 3.63) is 35.9 Å². The van der Waals surface area contributed by atoms with E-state index in [4.69, 9.17) is 0 Å². The molecule has 1 atom stereocenters. The summed E-state index contributed by atoms with van der Waals surface area (Å²) in [6.07, 6.45) is 0.678. The molecule has 1 saturated heterocycles. The van der Waals surface area contributed by atoms with E-state index in [0.717, 1.165) is 5.56 Å². The standard InChI is InChI=1S/C12H14N2O2S/c15-7-10(6-9-4-2-1-3-5-9)13-12-14-11(16)8-17-12/h1-5,10,15H,6-8H2,(H,13,14,16)/t10-/m1/s1. The van der Waals surface area contributed by atoms with Gasteiger partial charge in [-0.05, 0) is 12.0 Å². The molecule has 0 saturated carbocycles. The number of hydrogen-bond acceptors (Lipinski definition) is 4. The molecule has 1 aliphatic rings. The largest absolute Gasteiger partial charge is 0.394 e. The molecule has 0 radical (unpaired) electrons. The van der Waals surface area contributed by atoms with Gasteiger partial charge in [-0.25, -0.2) is 0 Å². The van der Waals surface area contributed by atoms with Gasteiger partial charge >= 0.3 is 0 Å². The summed E-state index contributed by atoms with van der Waals surface area (Å²) in [4.78, 5) is 15.3. The van der Waals surface area contributed by atoms with Crippen molar-refractivity contribution in [3.63, 3.8) is 0 Å². The van der Waals surface area contributed by atoms with Crippen LogP contribution in [0.2, 0.25) is 0 Å². The fourth-order valence-electron chi connectivity index (χ4n) is 1.60. The maximum atomic E-state index is 11.0. The van der Waals surface area contributed by atoms with E-state index in [1.54, 1.807) is 0 Å². The first kappa shape index (κ1) is 12.1. The summed E-state index contributed by atoms with van der Waals surface area (Å²) >= 11 is 1.38. The molecule has 4 nitrogen and oxygen atoms in total. The Kier molecular flexibility index (Phi) is 4.17. The lowest BCUT2D eigenvalue weighted by Gasteiger charge is -2.10. The highest BCUT2D eigenvalue weighted by molar-refractivity contribution is 8.15. The van der Waals surface area contributed by atoms with E-state index in [-0.39, 0.29) is 18.6 Å². The van der Waals surface area contributed by atoms with Gasteiger partial charge in [0.1, 0.15) is 0 Å². The molecule has 1 aromatic carbocycles. The van der Waals surface area contributed by atoms with Crippen molar-refractivity contribution in [2.75, 3.05) is 12.4 Å². The molecule has 1 aromatic rings. The van der Waals surface area contributed by atoms with Gasteiger partial charge in [0, 0.05) is 0 Å². The Labute approximate surface area is 104 Å². The van der Waals surface area contributed by atoms with Gasteiger partial charge in [-0.15, -0.1) is 0 Å². The molecular formula is C12H14N2O2S. The molecule has 0 aliphatic carbocycles. The van der Waals surface area contributed by atoms with Crippen LogP contribution in [0.1, 0.15) is 5.56 Å². The Hall–Kier alpha value is -1.33. The minimum atomic E-state index is -0.196. The lowest BCUT2D eigenvalue weighted by molar-refractivity contribution is -0.116. The van der Waals surface area contributed by atoms with Crippen LogP contribution in [0, 0.1) is 0 Å². The summed E-state index contributed by atoms with van der Waals surface area (Å²) in [7, 11) is 0. The Morgan fingerprint density at radius 2 is 2.18 bits per heavy atom. The van der Waals surface area contributed by atoms with E-state index in [1.165, 1.54) is 11.8 Å². The summed E-state index contributed by atoms with van der Waals surface area (Å²) in [5.41, 5.74) is 1.13. The zero-order valence-corrected chi connectivity index (χ0v) is 10.1. The number of nitrogens with zero attached hydrogens (tertiary/aromatic N) is 1. The van der Waals surface area contributed by atoms with Crippen molar-refractivity contribution >= 4 is 22.8 Å². The van der Waals surface area contributed by atoms with Crippen molar-refractivity contribution in [2.24, 2.45) is 4.99 Å². The van der Waals surface area contributed by atoms with Crippen LogP contribution in [0.25, 0.3) is 0 Å². The minimum Gasteiger partial charge on any atom is -0.394 e. The lowest BCUT2D eigenvalue weighted by atomic mass is 10.1. The molecule has 1 fully saturated rings. The molecule has 1 heterocycles. The number of aliphatic hydroxyl groups is 1. The van der Waals surface area contributed by atoms with Gasteiger partial charge in [0.15, 0.2) is 5.17 Å². The molecule has 2 N–H and O–H groups in total. The molecule has 90 valence electrons. The SMILES string of the molecule is O=C1CSC(=N[C@@H](CO)Cc2ccccc2)N1. The Morgan fingerprint density at radius 3 is 2.76 bits per heavy atom. The predicted octanol–water partition coefficient (Wildman–Crippen LogP) is 0.809. The minimum absolute atomic E-state index is 0.0190.